The summed E-state index contributed by atoms with van der Waals surface area (Å²) in [5.41, 5.74) is 0.254. The minimum atomic E-state index is -4.19. The second-order valence-electron chi connectivity index (χ2n) is 4.25. The highest BCUT2D eigenvalue weighted by Gasteiger charge is 2.20. The molecule has 1 aromatic carbocycles. The average Bonchev–Trinajstić information content (AvgIpc) is 2.41. The van der Waals surface area contributed by atoms with Gasteiger partial charge in [0.15, 0.2) is 5.69 Å². The quantitative estimate of drug-likeness (QED) is 0.900. The maximum Gasteiger partial charge on any atom is 0.354 e. The van der Waals surface area contributed by atoms with Crippen molar-refractivity contribution < 1.29 is 22.7 Å². The second kappa shape index (κ2) is 5.49. The number of sulfonamides is 1. The molecule has 6 nitrogen and oxygen atoms in total. The Bertz CT molecular complexity index is 806. The van der Waals surface area contributed by atoms with Crippen molar-refractivity contribution in [2.45, 2.75) is 11.8 Å². The van der Waals surface area contributed by atoms with Crippen molar-refractivity contribution in [1.29, 1.82) is 0 Å². The van der Waals surface area contributed by atoms with E-state index < -0.39 is 26.7 Å². The van der Waals surface area contributed by atoms with Crippen LogP contribution in [0, 0.1) is 12.7 Å². The van der Waals surface area contributed by atoms with Crippen LogP contribution in [0.5, 0.6) is 0 Å². The average molecular weight is 310 g/mol. The molecule has 2 rings (SSSR count). The van der Waals surface area contributed by atoms with Gasteiger partial charge in [0, 0.05) is 0 Å². The molecule has 0 aliphatic heterocycles. The van der Waals surface area contributed by atoms with Gasteiger partial charge in [-0.15, -0.1) is 0 Å². The van der Waals surface area contributed by atoms with E-state index in [1.165, 1.54) is 30.3 Å². The van der Waals surface area contributed by atoms with E-state index >= 15 is 0 Å². The van der Waals surface area contributed by atoms with E-state index in [-0.39, 0.29) is 11.5 Å². The van der Waals surface area contributed by atoms with Crippen LogP contribution in [-0.2, 0) is 10.0 Å². The summed E-state index contributed by atoms with van der Waals surface area (Å²) in [4.78, 5) is 13.9. The molecule has 2 aromatic rings. The van der Waals surface area contributed by atoms with Gasteiger partial charge in [0.05, 0.1) is 0 Å². The lowest BCUT2D eigenvalue weighted by molar-refractivity contribution is 0.0690. The predicted octanol–water partition coefficient (Wildman–Crippen LogP) is 2.03. The highest BCUT2D eigenvalue weighted by atomic mass is 32.2. The van der Waals surface area contributed by atoms with Crippen molar-refractivity contribution in [2.75, 3.05) is 4.72 Å². The molecule has 110 valence electrons. The molecule has 1 heterocycles. The Morgan fingerprint density at radius 2 is 2.00 bits per heavy atom. The first-order chi connectivity index (χ1) is 9.79. The molecule has 21 heavy (non-hydrogen) atoms. The molecule has 0 amide bonds. The largest absolute Gasteiger partial charge is 0.477 e. The number of pyridine rings is 1. The van der Waals surface area contributed by atoms with Crippen molar-refractivity contribution in [3.63, 3.8) is 0 Å². The molecular weight excluding hydrogens is 299 g/mol. The molecule has 0 spiro atoms. The van der Waals surface area contributed by atoms with Crippen LogP contribution in [0.4, 0.5) is 10.2 Å². The van der Waals surface area contributed by atoms with Gasteiger partial charge in [-0.3, -0.25) is 4.72 Å². The summed E-state index contributed by atoms with van der Waals surface area (Å²) in [6.07, 6.45) is 0. The third-order valence-corrected chi connectivity index (χ3v) is 3.95. The van der Waals surface area contributed by atoms with Crippen molar-refractivity contribution in [3.8, 4) is 0 Å². The number of carbonyl (C=O) groups is 1. The number of aromatic nitrogens is 1. The fourth-order valence-corrected chi connectivity index (χ4v) is 2.78. The van der Waals surface area contributed by atoms with E-state index in [0.717, 1.165) is 6.07 Å². The number of halogens is 1. The van der Waals surface area contributed by atoms with Gasteiger partial charge < -0.3 is 5.11 Å². The summed E-state index contributed by atoms with van der Waals surface area (Å²) >= 11 is 0. The number of aryl methyl sites for hydroxylation is 1. The number of aromatic carboxylic acids is 1. The fraction of sp³-hybridized carbons (Fsp3) is 0.0769. The minimum Gasteiger partial charge on any atom is -0.477 e. The number of carboxylic acid groups (broad SMARTS) is 1. The molecule has 0 radical (unpaired) electrons. The molecule has 0 saturated carbocycles. The second-order valence-corrected chi connectivity index (χ2v) is 5.90. The zero-order chi connectivity index (χ0) is 15.6. The summed E-state index contributed by atoms with van der Waals surface area (Å²) in [5.74, 6) is -2.39. The molecule has 0 bridgehead atoms. The Labute approximate surface area is 120 Å². The molecule has 0 aliphatic rings. The minimum absolute atomic E-state index is 0.198. The normalized spacial score (nSPS) is 11.1. The van der Waals surface area contributed by atoms with E-state index in [9.17, 15) is 17.6 Å². The molecule has 0 unspecified atom stereocenters. The summed E-state index contributed by atoms with van der Waals surface area (Å²) in [5, 5.41) is 8.81. The van der Waals surface area contributed by atoms with Gasteiger partial charge in [0.25, 0.3) is 10.0 Å². The van der Waals surface area contributed by atoms with Crippen LogP contribution in [-0.4, -0.2) is 24.5 Å². The topological polar surface area (TPSA) is 96.4 Å². The molecular formula is C13H11FN2O4S. The van der Waals surface area contributed by atoms with Gasteiger partial charge >= 0.3 is 5.97 Å². The molecule has 0 atom stereocenters. The molecule has 0 aliphatic carbocycles. The van der Waals surface area contributed by atoms with Gasteiger partial charge in [0.1, 0.15) is 16.5 Å². The third kappa shape index (κ3) is 3.34. The van der Waals surface area contributed by atoms with Crippen LogP contribution < -0.4 is 4.72 Å². The van der Waals surface area contributed by atoms with E-state index in [1.54, 1.807) is 6.92 Å². The van der Waals surface area contributed by atoms with Crippen molar-refractivity contribution in [2.24, 2.45) is 0 Å². The van der Waals surface area contributed by atoms with E-state index in [4.69, 9.17) is 5.11 Å². The fourth-order valence-electron chi connectivity index (χ4n) is 1.62. The highest BCUT2D eigenvalue weighted by molar-refractivity contribution is 7.92. The van der Waals surface area contributed by atoms with Crippen molar-refractivity contribution in [3.05, 3.63) is 53.5 Å². The Morgan fingerprint density at radius 3 is 2.67 bits per heavy atom. The third-order valence-electron chi connectivity index (χ3n) is 2.58. The van der Waals surface area contributed by atoms with Gasteiger partial charge in [-0.05, 0) is 36.8 Å². The van der Waals surface area contributed by atoms with Crippen molar-refractivity contribution >= 4 is 21.8 Å². The number of nitrogens with zero attached hydrogens (tertiary/aromatic N) is 1. The van der Waals surface area contributed by atoms with Crippen LogP contribution in [0.15, 0.2) is 41.3 Å². The van der Waals surface area contributed by atoms with Crippen LogP contribution in [0.3, 0.4) is 0 Å². The summed E-state index contributed by atoms with van der Waals surface area (Å²) in [6.45, 7) is 1.63. The summed E-state index contributed by atoms with van der Waals surface area (Å²) < 4.78 is 39.9. The SMILES string of the molecule is Cc1ccc(F)c(S(=O)(=O)Nc2cccc(C(=O)O)n2)c1. The summed E-state index contributed by atoms with van der Waals surface area (Å²) in [7, 11) is -4.19. The number of benzene rings is 1. The zero-order valence-corrected chi connectivity index (χ0v) is 11.7. The van der Waals surface area contributed by atoms with Gasteiger partial charge in [0.2, 0.25) is 0 Å². The van der Waals surface area contributed by atoms with E-state index in [2.05, 4.69) is 9.71 Å². The van der Waals surface area contributed by atoms with E-state index in [0.29, 0.717) is 5.56 Å². The van der Waals surface area contributed by atoms with Crippen LogP contribution in [0.2, 0.25) is 0 Å². The van der Waals surface area contributed by atoms with Gasteiger partial charge in [-0.2, -0.15) is 0 Å². The Kier molecular flexibility index (Phi) is 3.90. The number of nitrogens with one attached hydrogen (secondary N) is 1. The summed E-state index contributed by atoms with van der Waals surface area (Å²) in [6, 6.07) is 7.49. The molecule has 2 N–H and O–H groups in total. The Balaban J connectivity index is 2.40. The van der Waals surface area contributed by atoms with Crippen LogP contribution in [0.25, 0.3) is 0 Å². The number of anilines is 1. The first kappa shape index (κ1) is 14.9. The lowest BCUT2D eigenvalue weighted by Crippen LogP contribution is -2.16. The number of hydrogen-bond acceptors (Lipinski definition) is 4. The standard InChI is InChI=1S/C13H11FN2O4S/c1-8-5-6-9(14)11(7-8)21(19,20)16-12-4-2-3-10(15-12)13(17)18/h2-7H,1H3,(H,15,16)(H,17,18). The molecule has 8 heteroatoms. The molecule has 1 aromatic heterocycles. The first-order valence-electron chi connectivity index (χ1n) is 5.79. The zero-order valence-electron chi connectivity index (χ0n) is 10.9. The van der Waals surface area contributed by atoms with E-state index in [1.807, 2.05) is 0 Å². The molecule has 0 saturated heterocycles. The van der Waals surface area contributed by atoms with Crippen LogP contribution >= 0.6 is 0 Å². The highest BCUT2D eigenvalue weighted by Crippen LogP contribution is 2.19. The first-order valence-corrected chi connectivity index (χ1v) is 7.27. The van der Waals surface area contributed by atoms with Crippen LogP contribution in [0.1, 0.15) is 16.1 Å². The smallest absolute Gasteiger partial charge is 0.354 e. The Morgan fingerprint density at radius 1 is 1.29 bits per heavy atom. The maximum atomic E-state index is 13.6. The number of rotatable bonds is 4. The predicted molar refractivity (Wildman–Crippen MR) is 73.1 cm³/mol. The number of carboxylic acids is 1. The lowest BCUT2D eigenvalue weighted by Gasteiger charge is -2.09. The lowest BCUT2D eigenvalue weighted by atomic mass is 10.2. The molecule has 0 fully saturated rings. The maximum absolute atomic E-state index is 13.6. The van der Waals surface area contributed by atoms with Gasteiger partial charge in [-0.25, -0.2) is 22.6 Å². The number of hydrogen-bond donors (Lipinski definition) is 2. The Hall–Kier alpha value is -2.48. The van der Waals surface area contributed by atoms with Crippen molar-refractivity contribution in [1.82, 2.24) is 4.98 Å². The van der Waals surface area contributed by atoms with Gasteiger partial charge in [-0.1, -0.05) is 12.1 Å². The monoisotopic (exact) mass is 310 g/mol.